The highest BCUT2D eigenvalue weighted by atomic mass is 35.5. The number of amides is 1. The lowest BCUT2D eigenvalue weighted by molar-refractivity contribution is -0.120. The number of carbonyl (C=O) groups is 1. The molecular weight excluding hydrogens is 368 g/mol. The molecule has 0 saturated heterocycles. The summed E-state index contributed by atoms with van der Waals surface area (Å²) in [5.74, 6) is -0.698. The number of hydrogen-bond acceptors (Lipinski definition) is 6. The molecule has 0 saturated carbocycles. The van der Waals surface area contributed by atoms with E-state index in [1.54, 1.807) is 24.3 Å². The number of ether oxygens (including phenoxy) is 1. The van der Waals surface area contributed by atoms with Crippen LogP contribution in [0.3, 0.4) is 0 Å². The van der Waals surface area contributed by atoms with Crippen LogP contribution in [0.5, 0.6) is 0 Å². The van der Waals surface area contributed by atoms with Crippen LogP contribution in [0.2, 0.25) is 5.02 Å². The number of nitrogens with zero attached hydrogens (tertiary/aromatic N) is 1. The van der Waals surface area contributed by atoms with Crippen molar-refractivity contribution in [2.24, 2.45) is 0 Å². The van der Waals surface area contributed by atoms with Gasteiger partial charge in [0, 0.05) is 24.2 Å². The first-order valence-corrected chi connectivity index (χ1v) is 9.61. The van der Waals surface area contributed by atoms with E-state index in [0.29, 0.717) is 17.2 Å². The summed E-state index contributed by atoms with van der Waals surface area (Å²) in [7, 11) is -2.23. The van der Waals surface area contributed by atoms with E-state index < -0.39 is 26.7 Å². The number of benzene rings is 1. The lowest BCUT2D eigenvalue weighted by Gasteiger charge is -2.12. The van der Waals surface area contributed by atoms with E-state index in [4.69, 9.17) is 20.8 Å². The number of rotatable bonds is 8. The zero-order valence-electron chi connectivity index (χ0n) is 13.9. The Hall–Kier alpha value is -1.90. The first kappa shape index (κ1) is 19.4. The molecule has 1 N–H and O–H groups in total. The smallest absolute Gasteiger partial charge is 0.238 e. The van der Waals surface area contributed by atoms with Gasteiger partial charge in [-0.1, -0.05) is 17.7 Å². The zero-order chi connectivity index (χ0) is 18.4. The molecule has 0 fully saturated rings. The molecule has 7 nitrogen and oxygen atoms in total. The van der Waals surface area contributed by atoms with Crippen LogP contribution in [-0.4, -0.2) is 44.8 Å². The molecule has 2 aromatic rings. The van der Waals surface area contributed by atoms with Crippen LogP contribution in [0.25, 0.3) is 11.5 Å². The highest BCUT2D eigenvalue weighted by molar-refractivity contribution is 7.92. The van der Waals surface area contributed by atoms with E-state index in [9.17, 15) is 13.2 Å². The molecule has 1 aromatic carbocycles. The SMILES string of the molecule is COCCNC(=O)[C@H](C)S(=O)(=O)Cc1coc(-c2cccc(Cl)c2)n1. The molecule has 0 aliphatic heterocycles. The Bertz CT molecular complexity index is 835. The van der Waals surface area contributed by atoms with Crippen LogP contribution in [-0.2, 0) is 25.1 Å². The molecule has 0 radical (unpaired) electrons. The second-order valence-corrected chi connectivity index (χ2v) is 8.15. The van der Waals surface area contributed by atoms with Gasteiger partial charge >= 0.3 is 0 Å². The van der Waals surface area contributed by atoms with Gasteiger partial charge in [0.25, 0.3) is 0 Å². The summed E-state index contributed by atoms with van der Waals surface area (Å²) in [6, 6.07) is 6.87. The van der Waals surface area contributed by atoms with E-state index in [-0.39, 0.29) is 18.1 Å². The van der Waals surface area contributed by atoms with Crippen molar-refractivity contribution >= 4 is 27.3 Å². The van der Waals surface area contributed by atoms with Crippen LogP contribution in [0.4, 0.5) is 0 Å². The van der Waals surface area contributed by atoms with Crippen molar-refractivity contribution in [3.63, 3.8) is 0 Å². The van der Waals surface area contributed by atoms with E-state index in [1.165, 1.54) is 20.3 Å². The number of methoxy groups -OCH3 is 1. The second-order valence-electron chi connectivity index (χ2n) is 5.39. The van der Waals surface area contributed by atoms with Crippen LogP contribution < -0.4 is 5.32 Å². The average molecular weight is 387 g/mol. The normalized spacial score (nSPS) is 12.8. The maximum Gasteiger partial charge on any atom is 0.238 e. The van der Waals surface area contributed by atoms with Gasteiger partial charge in [0.2, 0.25) is 11.8 Å². The van der Waals surface area contributed by atoms with Gasteiger partial charge in [0.05, 0.1) is 18.1 Å². The van der Waals surface area contributed by atoms with Crippen LogP contribution in [0, 0.1) is 0 Å². The second kappa shape index (κ2) is 8.46. The standard InChI is InChI=1S/C16H19ClN2O5S/c1-11(15(20)18-6-7-23-2)25(21,22)10-14-9-24-16(19-14)12-4-3-5-13(17)8-12/h3-5,8-9,11H,6-7,10H2,1-2H3,(H,18,20)/t11-/m0/s1. The largest absolute Gasteiger partial charge is 0.444 e. The van der Waals surface area contributed by atoms with Gasteiger partial charge in [-0.25, -0.2) is 13.4 Å². The van der Waals surface area contributed by atoms with Gasteiger partial charge in [-0.15, -0.1) is 0 Å². The van der Waals surface area contributed by atoms with Gasteiger partial charge in [-0.2, -0.15) is 0 Å². The fraction of sp³-hybridized carbons (Fsp3) is 0.375. The molecule has 2 rings (SSSR count). The van der Waals surface area contributed by atoms with E-state index in [1.807, 2.05) is 0 Å². The molecule has 0 unspecified atom stereocenters. The van der Waals surface area contributed by atoms with E-state index >= 15 is 0 Å². The summed E-state index contributed by atoms with van der Waals surface area (Å²) < 4.78 is 34.9. The minimum Gasteiger partial charge on any atom is -0.444 e. The first-order valence-electron chi connectivity index (χ1n) is 7.52. The molecule has 1 heterocycles. The molecular formula is C16H19ClN2O5S. The fourth-order valence-electron chi connectivity index (χ4n) is 2.04. The van der Waals surface area contributed by atoms with E-state index in [0.717, 1.165) is 0 Å². The Morgan fingerprint density at radius 1 is 1.44 bits per heavy atom. The van der Waals surface area contributed by atoms with Crippen LogP contribution in [0.1, 0.15) is 12.6 Å². The Morgan fingerprint density at radius 3 is 2.88 bits per heavy atom. The monoisotopic (exact) mass is 386 g/mol. The molecule has 136 valence electrons. The summed E-state index contributed by atoms with van der Waals surface area (Å²) in [5.41, 5.74) is 0.869. The summed E-state index contributed by atoms with van der Waals surface area (Å²) in [4.78, 5) is 16.1. The molecule has 0 aliphatic rings. The molecule has 9 heteroatoms. The molecule has 25 heavy (non-hydrogen) atoms. The fourth-order valence-corrected chi connectivity index (χ4v) is 3.44. The molecule has 0 spiro atoms. The molecule has 1 atom stereocenters. The van der Waals surface area contributed by atoms with Crippen molar-refractivity contribution < 1.29 is 22.4 Å². The van der Waals surface area contributed by atoms with Crippen LogP contribution >= 0.6 is 11.6 Å². The molecule has 0 bridgehead atoms. The first-order chi connectivity index (χ1) is 11.8. The van der Waals surface area contributed by atoms with Gasteiger partial charge in [-0.3, -0.25) is 4.79 Å². The van der Waals surface area contributed by atoms with Crippen molar-refractivity contribution in [2.45, 2.75) is 17.9 Å². The highest BCUT2D eigenvalue weighted by Crippen LogP contribution is 2.23. The number of aromatic nitrogens is 1. The minimum absolute atomic E-state index is 0.228. The Balaban J connectivity index is 2.07. The van der Waals surface area contributed by atoms with Crippen molar-refractivity contribution in [3.05, 3.63) is 41.2 Å². The maximum atomic E-state index is 12.4. The number of halogens is 1. The molecule has 1 amide bonds. The average Bonchev–Trinajstić information content (AvgIpc) is 3.02. The van der Waals surface area contributed by atoms with Crippen molar-refractivity contribution in [1.29, 1.82) is 0 Å². The van der Waals surface area contributed by atoms with Gasteiger partial charge < -0.3 is 14.5 Å². The number of carbonyl (C=O) groups excluding carboxylic acids is 1. The summed E-state index contributed by atoms with van der Waals surface area (Å²) >= 11 is 5.92. The third-order valence-electron chi connectivity index (χ3n) is 3.49. The zero-order valence-corrected chi connectivity index (χ0v) is 15.4. The highest BCUT2D eigenvalue weighted by Gasteiger charge is 2.29. The quantitative estimate of drug-likeness (QED) is 0.697. The molecule has 0 aliphatic carbocycles. The molecule has 1 aromatic heterocycles. The van der Waals surface area contributed by atoms with Crippen molar-refractivity contribution in [1.82, 2.24) is 10.3 Å². The number of sulfone groups is 1. The number of nitrogens with one attached hydrogen (secondary N) is 1. The lowest BCUT2D eigenvalue weighted by atomic mass is 10.2. The number of oxazole rings is 1. The third-order valence-corrected chi connectivity index (χ3v) is 5.71. The maximum absolute atomic E-state index is 12.4. The third kappa shape index (κ3) is 5.29. The number of hydrogen-bond donors (Lipinski definition) is 1. The van der Waals surface area contributed by atoms with Crippen molar-refractivity contribution in [2.75, 3.05) is 20.3 Å². The lowest BCUT2D eigenvalue weighted by Crippen LogP contribution is -2.39. The van der Waals surface area contributed by atoms with Gasteiger partial charge in [-0.05, 0) is 25.1 Å². The predicted molar refractivity (Wildman–Crippen MR) is 93.9 cm³/mol. The summed E-state index contributed by atoms with van der Waals surface area (Å²) in [6.45, 7) is 1.90. The Kier molecular flexibility index (Phi) is 6.57. The van der Waals surface area contributed by atoms with E-state index in [2.05, 4.69) is 10.3 Å². The van der Waals surface area contributed by atoms with Crippen molar-refractivity contribution in [3.8, 4) is 11.5 Å². The predicted octanol–water partition coefficient (Wildman–Crippen LogP) is 2.06. The Labute approximate surface area is 151 Å². The van der Waals surface area contributed by atoms with Crippen LogP contribution in [0.15, 0.2) is 34.9 Å². The Morgan fingerprint density at radius 2 is 2.20 bits per heavy atom. The van der Waals surface area contributed by atoms with Gasteiger partial charge in [0.15, 0.2) is 9.84 Å². The van der Waals surface area contributed by atoms with Gasteiger partial charge in [0.1, 0.15) is 11.5 Å². The summed E-state index contributed by atoms with van der Waals surface area (Å²) in [6.07, 6.45) is 1.27. The topological polar surface area (TPSA) is 98.5 Å². The minimum atomic E-state index is -3.73. The summed E-state index contributed by atoms with van der Waals surface area (Å²) in [5, 5.41) is 1.83.